The summed E-state index contributed by atoms with van der Waals surface area (Å²) in [6.45, 7) is 4.66. The summed E-state index contributed by atoms with van der Waals surface area (Å²) in [6.07, 6.45) is 10.7. The maximum atomic E-state index is 4.80. The molecule has 0 saturated heterocycles. The van der Waals surface area contributed by atoms with Crippen LogP contribution in [-0.4, -0.2) is 9.55 Å². The Hall–Kier alpha value is -5.67. The van der Waals surface area contributed by atoms with E-state index in [1.165, 1.54) is 60.9 Å². The maximum absolute atomic E-state index is 4.80. The number of benzene rings is 5. The number of para-hydroxylation sites is 1. The Morgan fingerprint density at radius 1 is 0.638 bits per heavy atom. The van der Waals surface area contributed by atoms with Crippen molar-refractivity contribution in [2.45, 2.75) is 32.1 Å². The van der Waals surface area contributed by atoms with Crippen LogP contribution in [0.5, 0.6) is 0 Å². The van der Waals surface area contributed by atoms with Gasteiger partial charge in [-0.1, -0.05) is 98.8 Å². The fraction of sp³-hybridized carbons (Fsp3) is 0.114. The molecule has 3 heteroatoms. The third-order valence-electron chi connectivity index (χ3n) is 10.1. The molecule has 0 unspecified atom stereocenters. The second-order valence-corrected chi connectivity index (χ2v) is 13.2. The van der Waals surface area contributed by atoms with E-state index in [-0.39, 0.29) is 5.41 Å². The quantitative estimate of drug-likeness (QED) is 0.195. The number of fused-ring (bicyclic) bond motifs is 6. The highest BCUT2D eigenvalue weighted by Gasteiger charge is 2.35. The molecule has 7 aromatic rings. The lowest BCUT2D eigenvalue weighted by Gasteiger charge is -2.27. The number of rotatable bonds is 5. The van der Waals surface area contributed by atoms with Gasteiger partial charge in [0.25, 0.3) is 0 Å². The highest BCUT2D eigenvalue weighted by Crippen LogP contribution is 2.50. The smallest absolute Gasteiger partial charge is 0.137 e. The summed E-state index contributed by atoms with van der Waals surface area (Å²) in [6, 6.07) is 46.5. The zero-order chi connectivity index (χ0) is 31.5. The SMILES string of the molecule is CC1(C)c2ccccc2-c2ccc(N(c3ccc(-c4ccc5c(c4)c4ccccc4n5C4=CC=CCC4)cc3)c3ccccn3)cc21. The van der Waals surface area contributed by atoms with Crippen LogP contribution >= 0.6 is 0 Å². The van der Waals surface area contributed by atoms with Gasteiger partial charge in [-0.15, -0.1) is 0 Å². The van der Waals surface area contributed by atoms with E-state index in [2.05, 4.69) is 163 Å². The molecule has 47 heavy (non-hydrogen) atoms. The van der Waals surface area contributed by atoms with Crippen molar-refractivity contribution in [2.24, 2.45) is 0 Å². The van der Waals surface area contributed by atoms with Crippen molar-refractivity contribution in [3.05, 3.63) is 163 Å². The monoisotopic (exact) mass is 605 g/mol. The first-order valence-electron chi connectivity index (χ1n) is 16.5. The van der Waals surface area contributed by atoms with Crippen LogP contribution in [0, 0.1) is 0 Å². The van der Waals surface area contributed by atoms with Crippen LogP contribution in [0.15, 0.2) is 152 Å². The lowest BCUT2D eigenvalue weighted by molar-refractivity contribution is 0.660. The van der Waals surface area contributed by atoms with Crippen LogP contribution in [0.3, 0.4) is 0 Å². The molecule has 0 N–H and O–H groups in total. The van der Waals surface area contributed by atoms with Gasteiger partial charge >= 0.3 is 0 Å². The summed E-state index contributed by atoms with van der Waals surface area (Å²) in [4.78, 5) is 7.07. The van der Waals surface area contributed by atoms with Gasteiger partial charge in [0.05, 0.1) is 11.0 Å². The lowest BCUT2D eigenvalue weighted by atomic mass is 9.82. The average molecular weight is 606 g/mol. The second kappa shape index (κ2) is 10.7. The van der Waals surface area contributed by atoms with Crippen molar-refractivity contribution in [1.29, 1.82) is 0 Å². The second-order valence-electron chi connectivity index (χ2n) is 13.2. The zero-order valence-corrected chi connectivity index (χ0v) is 26.7. The Morgan fingerprint density at radius 3 is 2.21 bits per heavy atom. The summed E-state index contributed by atoms with van der Waals surface area (Å²) in [5, 5.41) is 2.58. The van der Waals surface area contributed by atoms with E-state index in [4.69, 9.17) is 4.98 Å². The van der Waals surface area contributed by atoms with E-state index in [9.17, 15) is 0 Å². The van der Waals surface area contributed by atoms with Gasteiger partial charge in [0.1, 0.15) is 5.82 Å². The van der Waals surface area contributed by atoms with Gasteiger partial charge in [0.15, 0.2) is 0 Å². The van der Waals surface area contributed by atoms with E-state index in [1.807, 2.05) is 12.3 Å². The van der Waals surface area contributed by atoms with E-state index >= 15 is 0 Å². The van der Waals surface area contributed by atoms with Gasteiger partial charge in [0, 0.05) is 39.5 Å². The molecule has 2 aliphatic rings. The van der Waals surface area contributed by atoms with E-state index in [0.717, 1.165) is 30.0 Å². The zero-order valence-electron chi connectivity index (χ0n) is 26.7. The van der Waals surface area contributed by atoms with Gasteiger partial charge < -0.3 is 4.57 Å². The fourth-order valence-electron chi connectivity index (χ4n) is 7.77. The van der Waals surface area contributed by atoms with Crippen LogP contribution in [0.4, 0.5) is 17.2 Å². The third-order valence-corrected chi connectivity index (χ3v) is 10.1. The molecule has 0 saturated carbocycles. The minimum Gasteiger partial charge on any atom is -0.313 e. The summed E-state index contributed by atoms with van der Waals surface area (Å²) in [5.74, 6) is 0.898. The molecule has 0 bridgehead atoms. The van der Waals surface area contributed by atoms with Crippen molar-refractivity contribution in [2.75, 3.05) is 4.90 Å². The molecule has 0 fully saturated rings. The summed E-state index contributed by atoms with van der Waals surface area (Å²) < 4.78 is 2.45. The van der Waals surface area contributed by atoms with Crippen LogP contribution < -0.4 is 4.90 Å². The van der Waals surface area contributed by atoms with Gasteiger partial charge in [-0.05, 0) is 107 Å². The molecule has 226 valence electrons. The Bertz CT molecular complexity index is 2370. The van der Waals surface area contributed by atoms with Gasteiger partial charge in [-0.3, -0.25) is 4.90 Å². The first kappa shape index (κ1) is 27.6. The van der Waals surface area contributed by atoms with Crippen molar-refractivity contribution < 1.29 is 0 Å². The number of aromatic nitrogens is 2. The molecule has 0 aliphatic heterocycles. The minimum absolute atomic E-state index is 0.0758. The molecule has 9 rings (SSSR count). The molecule has 0 amide bonds. The molecule has 3 nitrogen and oxygen atoms in total. The molecular formula is C44H35N3. The Kier molecular flexibility index (Phi) is 6.29. The lowest BCUT2D eigenvalue weighted by Crippen LogP contribution is -2.16. The number of pyridine rings is 1. The minimum atomic E-state index is -0.0758. The predicted molar refractivity (Wildman–Crippen MR) is 198 cm³/mol. The average Bonchev–Trinajstić information content (AvgIpc) is 3.58. The molecule has 5 aromatic carbocycles. The number of nitrogens with zero attached hydrogens (tertiary/aromatic N) is 3. The molecule has 0 atom stereocenters. The van der Waals surface area contributed by atoms with Crippen LogP contribution in [0.25, 0.3) is 49.8 Å². The normalized spacial score (nSPS) is 14.6. The van der Waals surface area contributed by atoms with E-state index < -0.39 is 0 Å². The molecule has 2 aliphatic carbocycles. The number of hydrogen-bond donors (Lipinski definition) is 0. The topological polar surface area (TPSA) is 21.1 Å². The summed E-state index contributed by atoms with van der Waals surface area (Å²) in [7, 11) is 0. The molecule has 2 heterocycles. The predicted octanol–water partition coefficient (Wildman–Crippen LogP) is 11.8. The summed E-state index contributed by atoms with van der Waals surface area (Å²) in [5.41, 5.74) is 13.8. The summed E-state index contributed by atoms with van der Waals surface area (Å²) >= 11 is 0. The number of allylic oxidation sites excluding steroid dienone is 4. The van der Waals surface area contributed by atoms with Gasteiger partial charge in [-0.25, -0.2) is 4.98 Å². The van der Waals surface area contributed by atoms with Gasteiger partial charge in [-0.2, -0.15) is 0 Å². The van der Waals surface area contributed by atoms with Gasteiger partial charge in [0.2, 0.25) is 0 Å². The first-order valence-corrected chi connectivity index (χ1v) is 16.5. The molecule has 2 aromatic heterocycles. The Morgan fingerprint density at radius 2 is 1.38 bits per heavy atom. The maximum Gasteiger partial charge on any atom is 0.137 e. The highest BCUT2D eigenvalue weighted by atomic mass is 15.2. The largest absolute Gasteiger partial charge is 0.313 e. The Labute approximate surface area is 275 Å². The third kappa shape index (κ3) is 4.38. The standard InChI is InChI=1S/C44H35N3/c1-44(2)39-16-8-6-14-35(39)36-25-24-34(29-40(36)44)46(43-18-10-11-27-45-43)33-22-19-30(20-23-33)31-21-26-42-38(28-31)37-15-7-9-17-41(37)47(42)32-12-4-3-5-13-32/h3-4,6-12,14-29H,5,13H2,1-2H3. The van der Waals surface area contributed by atoms with Crippen molar-refractivity contribution in [3.8, 4) is 22.3 Å². The first-order chi connectivity index (χ1) is 23.1. The van der Waals surface area contributed by atoms with Crippen LogP contribution in [0.2, 0.25) is 0 Å². The van der Waals surface area contributed by atoms with E-state index in [0.29, 0.717) is 0 Å². The van der Waals surface area contributed by atoms with E-state index in [1.54, 1.807) is 0 Å². The molecule has 0 radical (unpaired) electrons. The van der Waals surface area contributed by atoms with Crippen molar-refractivity contribution in [1.82, 2.24) is 9.55 Å². The van der Waals surface area contributed by atoms with Crippen LogP contribution in [0.1, 0.15) is 37.8 Å². The van der Waals surface area contributed by atoms with Crippen molar-refractivity contribution >= 4 is 44.7 Å². The van der Waals surface area contributed by atoms with Crippen LogP contribution in [-0.2, 0) is 5.41 Å². The Balaban J connectivity index is 1.12. The number of hydrogen-bond acceptors (Lipinski definition) is 2. The number of anilines is 3. The molecule has 0 spiro atoms. The fourth-order valence-corrected chi connectivity index (χ4v) is 7.77. The molecular weight excluding hydrogens is 571 g/mol. The highest BCUT2D eigenvalue weighted by molar-refractivity contribution is 6.11. The van der Waals surface area contributed by atoms with Crippen molar-refractivity contribution in [3.63, 3.8) is 0 Å².